The van der Waals surface area contributed by atoms with E-state index in [-0.39, 0.29) is 18.0 Å². The SMILES string of the molecule is CC(=O)OC1/C=C/CC(C(=O)O)CCC1. The maximum atomic E-state index is 10.8. The Morgan fingerprint density at radius 1 is 1.40 bits per heavy atom. The first kappa shape index (κ1) is 11.8. The summed E-state index contributed by atoms with van der Waals surface area (Å²) in [6.07, 6.45) is 6.06. The van der Waals surface area contributed by atoms with Gasteiger partial charge < -0.3 is 9.84 Å². The molecule has 84 valence electrons. The largest absolute Gasteiger partial charge is 0.481 e. The second-order valence-electron chi connectivity index (χ2n) is 3.78. The predicted molar refractivity (Wildman–Crippen MR) is 54.3 cm³/mol. The Morgan fingerprint density at radius 3 is 2.73 bits per heavy atom. The van der Waals surface area contributed by atoms with Crippen molar-refractivity contribution in [1.29, 1.82) is 0 Å². The molecule has 2 atom stereocenters. The summed E-state index contributed by atoms with van der Waals surface area (Å²) in [6.45, 7) is 1.38. The topological polar surface area (TPSA) is 63.6 Å². The van der Waals surface area contributed by atoms with Crippen LogP contribution in [0.3, 0.4) is 0 Å². The number of ether oxygens (including phenoxy) is 1. The second kappa shape index (κ2) is 5.53. The average Bonchev–Trinajstić information content (AvgIpc) is 2.07. The van der Waals surface area contributed by atoms with Crippen LogP contribution in [-0.4, -0.2) is 23.1 Å². The van der Waals surface area contributed by atoms with Crippen molar-refractivity contribution in [1.82, 2.24) is 0 Å². The molecule has 0 aliphatic heterocycles. The minimum absolute atomic E-state index is 0.183. The van der Waals surface area contributed by atoms with Crippen LogP contribution in [-0.2, 0) is 14.3 Å². The fraction of sp³-hybridized carbons (Fsp3) is 0.636. The van der Waals surface area contributed by atoms with Gasteiger partial charge in [-0.1, -0.05) is 6.08 Å². The zero-order chi connectivity index (χ0) is 11.3. The molecule has 4 heteroatoms. The van der Waals surface area contributed by atoms with Gasteiger partial charge in [-0.3, -0.25) is 9.59 Å². The van der Waals surface area contributed by atoms with Crippen molar-refractivity contribution in [2.75, 3.05) is 0 Å². The molecule has 0 spiro atoms. The molecule has 4 nitrogen and oxygen atoms in total. The highest BCUT2D eigenvalue weighted by Gasteiger charge is 2.19. The molecule has 0 saturated heterocycles. The third-order valence-electron chi connectivity index (χ3n) is 2.48. The Labute approximate surface area is 88.9 Å². The normalized spacial score (nSPS) is 28.6. The first-order valence-electron chi connectivity index (χ1n) is 5.16. The number of carboxylic acids is 1. The highest BCUT2D eigenvalue weighted by Crippen LogP contribution is 2.19. The smallest absolute Gasteiger partial charge is 0.306 e. The standard InChI is InChI=1S/C11H16O4/c1-8(12)15-10-6-2-4-9(11(13)14)5-3-7-10/h2,6,9-10H,3-5,7H2,1H3,(H,13,14)/b6-2+. The van der Waals surface area contributed by atoms with E-state index < -0.39 is 5.97 Å². The van der Waals surface area contributed by atoms with Gasteiger partial charge in [0, 0.05) is 6.92 Å². The average molecular weight is 212 g/mol. The highest BCUT2D eigenvalue weighted by molar-refractivity contribution is 5.70. The number of hydrogen-bond acceptors (Lipinski definition) is 3. The lowest BCUT2D eigenvalue weighted by atomic mass is 9.94. The molecule has 1 aliphatic carbocycles. The van der Waals surface area contributed by atoms with Gasteiger partial charge in [0.05, 0.1) is 5.92 Å². The van der Waals surface area contributed by atoms with Crippen LogP contribution >= 0.6 is 0 Å². The third-order valence-corrected chi connectivity index (χ3v) is 2.48. The first-order chi connectivity index (χ1) is 7.09. The van der Waals surface area contributed by atoms with Crippen LogP contribution < -0.4 is 0 Å². The molecule has 15 heavy (non-hydrogen) atoms. The molecule has 2 unspecified atom stereocenters. The Balaban J connectivity index is 2.50. The van der Waals surface area contributed by atoms with E-state index in [1.807, 2.05) is 0 Å². The molecule has 0 heterocycles. The summed E-state index contributed by atoms with van der Waals surface area (Å²) in [7, 11) is 0. The van der Waals surface area contributed by atoms with E-state index in [0.717, 1.165) is 6.42 Å². The number of hydrogen-bond donors (Lipinski definition) is 1. The molecular formula is C11H16O4. The van der Waals surface area contributed by atoms with Gasteiger partial charge in [-0.25, -0.2) is 0 Å². The maximum absolute atomic E-state index is 10.8. The van der Waals surface area contributed by atoms with Crippen LogP contribution in [0.2, 0.25) is 0 Å². The van der Waals surface area contributed by atoms with Crippen LogP contribution in [0.5, 0.6) is 0 Å². The van der Waals surface area contributed by atoms with Gasteiger partial charge in [0.1, 0.15) is 6.10 Å². The Morgan fingerprint density at radius 2 is 2.13 bits per heavy atom. The van der Waals surface area contributed by atoms with Crippen LogP contribution in [0, 0.1) is 5.92 Å². The van der Waals surface area contributed by atoms with Crippen molar-refractivity contribution in [3.8, 4) is 0 Å². The number of rotatable bonds is 2. The van der Waals surface area contributed by atoms with Gasteiger partial charge in [0.25, 0.3) is 0 Å². The van der Waals surface area contributed by atoms with Crippen molar-refractivity contribution in [2.24, 2.45) is 5.92 Å². The molecule has 1 rings (SSSR count). The number of carbonyl (C=O) groups excluding carboxylic acids is 1. The van der Waals surface area contributed by atoms with Crippen LogP contribution in [0.1, 0.15) is 32.6 Å². The van der Waals surface area contributed by atoms with Crippen molar-refractivity contribution in [3.63, 3.8) is 0 Å². The second-order valence-corrected chi connectivity index (χ2v) is 3.78. The highest BCUT2D eigenvalue weighted by atomic mass is 16.5. The number of allylic oxidation sites excluding steroid dienone is 1. The first-order valence-corrected chi connectivity index (χ1v) is 5.16. The van der Waals surface area contributed by atoms with E-state index in [9.17, 15) is 9.59 Å². The lowest BCUT2D eigenvalue weighted by Crippen LogP contribution is -2.19. The van der Waals surface area contributed by atoms with Crippen LogP contribution in [0.25, 0.3) is 0 Å². The molecule has 0 amide bonds. The fourth-order valence-corrected chi connectivity index (χ4v) is 1.71. The number of aliphatic carboxylic acids is 1. The van der Waals surface area contributed by atoms with Gasteiger partial charge in [-0.2, -0.15) is 0 Å². The number of carboxylic acid groups (broad SMARTS) is 1. The lowest BCUT2D eigenvalue weighted by Gasteiger charge is -2.18. The summed E-state index contributed by atoms with van der Waals surface area (Å²) in [6, 6.07) is 0. The monoisotopic (exact) mass is 212 g/mol. The van der Waals surface area contributed by atoms with Crippen LogP contribution in [0.15, 0.2) is 12.2 Å². The number of carbonyl (C=O) groups is 2. The predicted octanol–water partition coefficient (Wildman–Crippen LogP) is 1.75. The summed E-state index contributed by atoms with van der Waals surface area (Å²) >= 11 is 0. The van der Waals surface area contributed by atoms with Gasteiger partial charge in [-0.15, -0.1) is 0 Å². The van der Waals surface area contributed by atoms with E-state index in [1.165, 1.54) is 6.92 Å². The molecule has 0 saturated carbocycles. The molecule has 0 aromatic heterocycles. The van der Waals surface area contributed by atoms with Crippen molar-refractivity contribution in [3.05, 3.63) is 12.2 Å². The lowest BCUT2D eigenvalue weighted by molar-refractivity contribution is -0.145. The van der Waals surface area contributed by atoms with Crippen LogP contribution in [0.4, 0.5) is 0 Å². The molecule has 0 fully saturated rings. The number of esters is 1. The molecule has 1 N–H and O–H groups in total. The maximum Gasteiger partial charge on any atom is 0.306 e. The van der Waals surface area contributed by atoms with Crippen molar-refractivity contribution >= 4 is 11.9 Å². The summed E-state index contributed by atoms with van der Waals surface area (Å²) in [4.78, 5) is 21.5. The molecule has 0 bridgehead atoms. The van der Waals surface area contributed by atoms with E-state index in [4.69, 9.17) is 9.84 Å². The zero-order valence-electron chi connectivity index (χ0n) is 8.81. The van der Waals surface area contributed by atoms with E-state index >= 15 is 0 Å². The van der Waals surface area contributed by atoms with E-state index in [0.29, 0.717) is 19.3 Å². The summed E-state index contributed by atoms with van der Waals surface area (Å²) < 4.78 is 5.05. The fourth-order valence-electron chi connectivity index (χ4n) is 1.71. The minimum Gasteiger partial charge on any atom is -0.481 e. The zero-order valence-corrected chi connectivity index (χ0v) is 8.81. The Hall–Kier alpha value is -1.32. The third kappa shape index (κ3) is 4.14. The molecule has 0 aromatic carbocycles. The van der Waals surface area contributed by atoms with E-state index in [2.05, 4.69) is 0 Å². The molecular weight excluding hydrogens is 196 g/mol. The van der Waals surface area contributed by atoms with Gasteiger partial charge in [0.15, 0.2) is 0 Å². The molecule has 0 aromatic rings. The summed E-state index contributed by atoms with van der Waals surface area (Å²) in [5.41, 5.74) is 0. The van der Waals surface area contributed by atoms with Gasteiger partial charge >= 0.3 is 11.9 Å². The van der Waals surface area contributed by atoms with Crippen molar-refractivity contribution in [2.45, 2.75) is 38.7 Å². The molecule has 1 aliphatic rings. The minimum atomic E-state index is -0.745. The van der Waals surface area contributed by atoms with E-state index in [1.54, 1.807) is 12.2 Å². The van der Waals surface area contributed by atoms with Gasteiger partial charge in [-0.05, 0) is 31.8 Å². The van der Waals surface area contributed by atoms with Gasteiger partial charge in [0.2, 0.25) is 0 Å². The Kier molecular flexibility index (Phi) is 4.34. The van der Waals surface area contributed by atoms with Crippen molar-refractivity contribution < 1.29 is 19.4 Å². The summed E-state index contributed by atoms with van der Waals surface area (Å²) in [5.74, 6) is -1.33. The quantitative estimate of drug-likeness (QED) is 0.559. The molecule has 0 radical (unpaired) electrons. The summed E-state index contributed by atoms with van der Waals surface area (Å²) in [5, 5.41) is 8.85. The Bertz CT molecular complexity index is 270.